The molecule has 0 aromatic rings. The van der Waals surface area contributed by atoms with Crippen LogP contribution < -0.4 is 0 Å². The van der Waals surface area contributed by atoms with Crippen LogP contribution >= 0.6 is 11.6 Å². The van der Waals surface area contributed by atoms with Crippen molar-refractivity contribution in [2.45, 2.75) is 19.3 Å². The highest BCUT2D eigenvalue weighted by atomic mass is 35.5. The minimum atomic E-state index is -0.156. The number of halogens is 1. The molecular weight excluding hydrogens is 242 g/mol. The molecule has 0 amide bonds. The van der Waals surface area contributed by atoms with E-state index in [-0.39, 0.29) is 23.7 Å². The fourth-order valence-electron chi connectivity index (χ4n) is 1.29. The van der Waals surface area contributed by atoms with E-state index in [4.69, 9.17) is 16.4 Å². The van der Waals surface area contributed by atoms with Crippen molar-refractivity contribution in [1.29, 1.82) is 0 Å². The predicted molar refractivity (Wildman–Crippen MR) is 64.9 cm³/mol. The second-order valence-electron chi connectivity index (χ2n) is 3.30. The highest BCUT2D eigenvalue weighted by molar-refractivity contribution is 6.25. The van der Waals surface area contributed by atoms with Gasteiger partial charge in [0.1, 0.15) is 12.2 Å². The van der Waals surface area contributed by atoms with E-state index in [1.807, 2.05) is 0 Å². The van der Waals surface area contributed by atoms with E-state index in [0.717, 1.165) is 0 Å². The molecule has 1 saturated carbocycles. The van der Waals surface area contributed by atoms with Gasteiger partial charge in [-0.15, -0.1) is 5.73 Å². The summed E-state index contributed by atoms with van der Waals surface area (Å²) < 4.78 is 0. The fourth-order valence-corrected chi connectivity index (χ4v) is 1.37. The Morgan fingerprint density at radius 1 is 1.35 bits per heavy atom. The van der Waals surface area contributed by atoms with Gasteiger partial charge in [-0.05, 0) is 12.5 Å². The minimum Gasteiger partial charge on any atom is -0.392 e. The Hall–Kier alpha value is -1.64. The van der Waals surface area contributed by atoms with Crippen LogP contribution in [0.25, 0.3) is 0 Å². The smallest absolute Gasteiger partial charge is 0.174 e. The van der Waals surface area contributed by atoms with Crippen molar-refractivity contribution in [2.75, 3.05) is 6.61 Å². The number of carbonyl (C=O) groups excluding carboxylic acids is 2. The Morgan fingerprint density at radius 3 is 2.71 bits per heavy atom. The van der Waals surface area contributed by atoms with Crippen molar-refractivity contribution in [3.05, 3.63) is 29.0 Å². The Kier molecular flexibility index (Phi) is 6.00. The molecule has 0 bridgehead atoms. The topological polar surface area (TPSA) is 55.7 Å². The summed E-state index contributed by atoms with van der Waals surface area (Å²) >= 11 is 5.26. The van der Waals surface area contributed by atoms with Crippen molar-refractivity contribution in [3.63, 3.8) is 0 Å². The molecule has 0 saturated heterocycles. The fraction of sp³-hybridized carbons (Fsp3) is 0.333. The Bertz CT molecular complexity index is 399. The average molecular weight is 254 g/mol. The second-order valence-corrected chi connectivity index (χ2v) is 3.55. The molecule has 0 radical (unpaired) electrons. The molecule has 5 heteroatoms. The van der Waals surface area contributed by atoms with Crippen molar-refractivity contribution in [2.24, 2.45) is 5.16 Å². The van der Waals surface area contributed by atoms with E-state index in [1.54, 1.807) is 6.08 Å². The second kappa shape index (κ2) is 7.60. The third-order valence-electron chi connectivity index (χ3n) is 2.06. The van der Waals surface area contributed by atoms with Crippen molar-refractivity contribution >= 4 is 29.4 Å². The third kappa shape index (κ3) is 4.81. The van der Waals surface area contributed by atoms with Crippen LogP contribution in [0.1, 0.15) is 19.3 Å². The molecule has 0 atom stereocenters. The van der Waals surface area contributed by atoms with Gasteiger partial charge < -0.3 is 4.84 Å². The molecule has 0 unspecified atom stereocenters. The molecule has 4 nitrogen and oxygen atoms in total. The van der Waals surface area contributed by atoms with Crippen LogP contribution in [0.3, 0.4) is 0 Å². The van der Waals surface area contributed by atoms with Gasteiger partial charge in [0.25, 0.3) is 0 Å². The average Bonchev–Trinajstić information content (AvgIpc) is 2.31. The highest BCUT2D eigenvalue weighted by Crippen LogP contribution is 2.14. The van der Waals surface area contributed by atoms with Gasteiger partial charge in [0, 0.05) is 24.5 Å². The molecule has 17 heavy (non-hydrogen) atoms. The SMILES string of the molecule is O=C1CCCC(=O)C1=C=CC=NOCC=CCl. The largest absolute Gasteiger partial charge is 0.392 e. The van der Waals surface area contributed by atoms with Gasteiger partial charge in [0.15, 0.2) is 11.6 Å². The molecule has 0 aromatic heterocycles. The maximum atomic E-state index is 11.4. The molecule has 1 aliphatic carbocycles. The van der Waals surface area contributed by atoms with Gasteiger partial charge in [-0.2, -0.15) is 0 Å². The molecule has 0 aromatic carbocycles. The zero-order valence-corrected chi connectivity index (χ0v) is 9.94. The third-order valence-corrected chi connectivity index (χ3v) is 2.24. The lowest BCUT2D eigenvalue weighted by atomic mass is 9.93. The summed E-state index contributed by atoms with van der Waals surface area (Å²) in [5, 5.41) is 3.55. The van der Waals surface area contributed by atoms with E-state index < -0.39 is 0 Å². The maximum absolute atomic E-state index is 11.4. The summed E-state index contributed by atoms with van der Waals surface area (Å²) in [5.41, 5.74) is 4.09. The summed E-state index contributed by atoms with van der Waals surface area (Å²) in [6, 6.07) is 0. The van der Waals surface area contributed by atoms with Crippen molar-refractivity contribution < 1.29 is 14.4 Å². The molecule has 1 fully saturated rings. The zero-order chi connectivity index (χ0) is 12.5. The number of oxime groups is 1. The van der Waals surface area contributed by atoms with Crippen LogP contribution in [-0.2, 0) is 14.4 Å². The van der Waals surface area contributed by atoms with Crippen molar-refractivity contribution in [3.8, 4) is 0 Å². The van der Waals surface area contributed by atoms with Gasteiger partial charge >= 0.3 is 0 Å². The van der Waals surface area contributed by atoms with Gasteiger partial charge in [-0.1, -0.05) is 16.8 Å². The molecule has 0 aliphatic heterocycles. The summed E-state index contributed by atoms with van der Waals surface area (Å²) in [7, 11) is 0. The number of hydrogen-bond acceptors (Lipinski definition) is 4. The Labute approximate surface area is 104 Å². The molecular formula is C12H12ClNO3. The lowest BCUT2D eigenvalue weighted by Crippen LogP contribution is -2.17. The molecule has 90 valence electrons. The number of rotatable bonds is 4. The summed E-state index contributed by atoms with van der Waals surface area (Å²) in [4.78, 5) is 27.5. The molecule has 1 aliphatic rings. The molecule has 0 spiro atoms. The summed E-state index contributed by atoms with van der Waals surface area (Å²) in [6.07, 6.45) is 5.75. The van der Waals surface area contributed by atoms with Crippen LogP contribution in [0.2, 0.25) is 0 Å². The Morgan fingerprint density at radius 2 is 2.06 bits per heavy atom. The predicted octanol–water partition coefficient (Wildman–Crippen LogP) is 2.14. The number of hydrogen-bond donors (Lipinski definition) is 0. The number of ketones is 2. The first-order valence-electron chi connectivity index (χ1n) is 5.18. The van der Waals surface area contributed by atoms with E-state index in [1.165, 1.54) is 17.8 Å². The number of allylic oxidation sites excluding steroid dienone is 1. The maximum Gasteiger partial charge on any atom is 0.174 e. The van der Waals surface area contributed by atoms with E-state index >= 15 is 0 Å². The quantitative estimate of drug-likeness (QED) is 0.193. The molecule has 0 heterocycles. The minimum absolute atomic E-state index is 0.128. The van der Waals surface area contributed by atoms with Crippen LogP contribution in [0, 0.1) is 0 Å². The van der Waals surface area contributed by atoms with E-state index in [0.29, 0.717) is 19.3 Å². The number of Topliss-reactive ketones (excluding diaryl/α,β-unsaturated/α-hetero) is 2. The van der Waals surface area contributed by atoms with E-state index in [9.17, 15) is 9.59 Å². The molecule has 0 N–H and O–H groups in total. The lowest BCUT2D eigenvalue weighted by Gasteiger charge is -2.08. The lowest BCUT2D eigenvalue weighted by molar-refractivity contribution is -0.123. The van der Waals surface area contributed by atoms with Crippen molar-refractivity contribution in [1.82, 2.24) is 0 Å². The van der Waals surface area contributed by atoms with Gasteiger partial charge in [0.2, 0.25) is 0 Å². The van der Waals surface area contributed by atoms with E-state index in [2.05, 4.69) is 10.9 Å². The van der Waals surface area contributed by atoms with Crippen LogP contribution in [0.15, 0.2) is 34.1 Å². The van der Waals surface area contributed by atoms with Gasteiger partial charge in [-0.25, -0.2) is 0 Å². The normalized spacial score (nSPS) is 16.6. The first kappa shape index (κ1) is 13.4. The first-order valence-corrected chi connectivity index (χ1v) is 5.61. The Balaban J connectivity index is 2.54. The van der Waals surface area contributed by atoms with Gasteiger partial charge in [-0.3, -0.25) is 9.59 Å². The molecule has 1 rings (SSSR count). The summed E-state index contributed by atoms with van der Waals surface area (Å²) in [6.45, 7) is 0.266. The van der Waals surface area contributed by atoms with Gasteiger partial charge in [0.05, 0.1) is 6.21 Å². The first-order chi connectivity index (χ1) is 8.25. The highest BCUT2D eigenvalue weighted by Gasteiger charge is 2.22. The van der Waals surface area contributed by atoms with Crippen LogP contribution in [0.4, 0.5) is 0 Å². The van der Waals surface area contributed by atoms with Crippen LogP contribution in [0.5, 0.6) is 0 Å². The monoisotopic (exact) mass is 253 g/mol. The standard InChI is InChI=1S/C12H12ClNO3/c13-7-3-9-17-14-8-2-4-10-11(15)5-1-6-12(10)16/h2-3,7-8H,1,5-6,9H2. The number of carbonyl (C=O) groups is 2. The number of nitrogens with zero attached hydrogens (tertiary/aromatic N) is 1. The van der Waals surface area contributed by atoms with Crippen LogP contribution in [-0.4, -0.2) is 24.4 Å². The summed E-state index contributed by atoms with van der Waals surface area (Å²) in [5.74, 6) is -0.311. The zero-order valence-electron chi connectivity index (χ0n) is 9.19.